The lowest BCUT2D eigenvalue weighted by atomic mass is 9.87. The molecule has 1 saturated heterocycles. The van der Waals surface area contributed by atoms with Gasteiger partial charge in [-0.2, -0.15) is 0 Å². The second-order valence-corrected chi connectivity index (χ2v) is 39.5. The summed E-state index contributed by atoms with van der Waals surface area (Å²) in [6.45, 7) is 31.7. The molecule has 390 valence electrons. The predicted octanol–water partition coefficient (Wildman–Crippen LogP) is 14.0. The summed E-state index contributed by atoms with van der Waals surface area (Å²) in [5.41, 5.74) is 1.64. The lowest BCUT2D eigenvalue weighted by Gasteiger charge is -2.43. The number of halogens is 1. The van der Waals surface area contributed by atoms with Crippen LogP contribution in [0.3, 0.4) is 0 Å². The highest BCUT2D eigenvalue weighted by molar-refractivity contribution is 7.99. The van der Waals surface area contributed by atoms with Crippen LogP contribution in [0, 0.1) is 11.8 Å². The first-order valence-electron chi connectivity index (χ1n) is 25.5. The molecule has 0 saturated carbocycles. The van der Waals surface area contributed by atoms with E-state index in [9.17, 15) is 9.59 Å². The van der Waals surface area contributed by atoms with Gasteiger partial charge in [-0.3, -0.25) is 4.79 Å². The summed E-state index contributed by atoms with van der Waals surface area (Å²) >= 11 is 8.66. The van der Waals surface area contributed by atoms with Crippen LogP contribution in [0.15, 0.2) is 120 Å². The molecule has 8 nitrogen and oxygen atoms in total. The third-order valence-electron chi connectivity index (χ3n) is 14.5. The summed E-state index contributed by atoms with van der Waals surface area (Å²) in [5.74, 6) is -0.284. The van der Waals surface area contributed by atoms with Gasteiger partial charge in [-0.1, -0.05) is 171 Å². The Hall–Kier alpha value is -3.02. The molecule has 2 unspecified atom stereocenters. The molecular formula is C58H85ClO8SSi3. The van der Waals surface area contributed by atoms with Crippen LogP contribution in [0.2, 0.25) is 53.9 Å². The van der Waals surface area contributed by atoms with Crippen molar-refractivity contribution in [3.8, 4) is 5.75 Å². The van der Waals surface area contributed by atoms with E-state index in [0.29, 0.717) is 30.2 Å². The van der Waals surface area contributed by atoms with Crippen molar-refractivity contribution < 1.29 is 37.7 Å². The van der Waals surface area contributed by atoms with Crippen molar-refractivity contribution in [2.75, 3.05) is 20.5 Å². The molecule has 0 aliphatic carbocycles. The van der Waals surface area contributed by atoms with Gasteiger partial charge in [-0.15, -0.1) is 11.8 Å². The maximum absolute atomic E-state index is 13.7. The minimum atomic E-state index is -3.21. The number of carbonyl (C=O) groups excluding carboxylic acids is 1. The molecule has 6 atom stereocenters. The summed E-state index contributed by atoms with van der Waals surface area (Å²) < 4.78 is 38.6. The fraction of sp³-hybridized carbons (Fsp3) is 0.534. The zero-order chi connectivity index (χ0) is 52.4. The quantitative estimate of drug-likeness (QED) is 0.0229. The van der Waals surface area contributed by atoms with Gasteiger partial charge in [0.05, 0.1) is 25.2 Å². The monoisotopic (exact) mass is 1060 g/mol. The molecule has 4 aromatic rings. The Bertz CT molecular complexity index is 2280. The summed E-state index contributed by atoms with van der Waals surface area (Å²) in [6, 6.07) is 35.5. The summed E-state index contributed by atoms with van der Waals surface area (Å²) in [4.78, 5) is 27.8. The van der Waals surface area contributed by atoms with E-state index >= 15 is 0 Å². The van der Waals surface area contributed by atoms with E-state index in [1.807, 2.05) is 74.5 Å². The molecule has 4 aromatic carbocycles. The first-order valence-corrected chi connectivity index (χ1v) is 35.3. The number of allylic oxidation sites excluding steroid dienone is 1. The number of carbonyl (C=O) groups is 1. The number of hydrogen-bond donors (Lipinski definition) is 1. The summed E-state index contributed by atoms with van der Waals surface area (Å²) in [5, 5.41) is 1.93. The molecule has 0 spiro atoms. The van der Waals surface area contributed by atoms with Crippen LogP contribution >= 0.6 is 23.4 Å². The molecule has 1 fully saturated rings. The number of benzene rings is 4. The molecule has 71 heavy (non-hydrogen) atoms. The van der Waals surface area contributed by atoms with E-state index in [1.165, 1.54) is 0 Å². The van der Waals surface area contributed by atoms with Gasteiger partial charge in [0.1, 0.15) is 11.9 Å². The first kappa shape index (κ1) is 58.9. The van der Waals surface area contributed by atoms with Crippen molar-refractivity contribution in [1.29, 1.82) is 0 Å². The van der Waals surface area contributed by atoms with Gasteiger partial charge in [0, 0.05) is 35.9 Å². The van der Waals surface area contributed by atoms with E-state index in [0.717, 1.165) is 38.9 Å². The number of thioether (sulfide) groups is 1. The number of methoxy groups -OCH3 is 1. The number of esters is 1. The summed E-state index contributed by atoms with van der Waals surface area (Å²) in [7, 11) is -5.43. The molecule has 1 N–H and O–H groups in total. The van der Waals surface area contributed by atoms with Crippen LogP contribution in [-0.4, -0.2) is 80.1 Å². The molecule has 13 heteroatoms. The van der Waals surface area contributed by atoms with Crippen LogP contribution in [0.4, 0.5) is 0 Å². The number of ether oxygens (including phenoxy) is 5. The Balaban J connectivity index is 1.49. The molecule has 0 bridgehead atoms. The second-order valence-electron chi connectivity index (χ2n) is 23.5. The van der Waals surface area contributed by atoms with Crippen LogP contribution < -0.4 is 15.1 Å². The standard InChI is InChI=1S/C58H85ClO8SSi3/c1-42(43(2)40-57(6,7)71(61,46-27-21-17-22-28-46)47-29-23-18-24-30-47)31-32-51(67-70(14,15)56(3,4)5)55-50(65-58(8,9)66-55)33-34-53(68-45-25-19-16-20-26-45)49-37-44(59)38-52(64-41-62-10)48(49)39-54(60)63-35-36-69(11,12)13/h16-32,37-38,42-43,50-51,53,55,61H,33-36,39-41H2,1-15H3/b32-31-/t42-,43-,50+,51?,53?,55+/m1/s1. The van der Waals surface area contributed by atoms with Gasteiger partial charge < -0.3 is 32.9 Å². The van der Waals surface area contributed by atoms with Crippen LogP contribution in [0.5, 0.6) is 5.75 Å². The maximum atomic E-state index is 13.7. The van der Waals surface area contributed by atoms with Crippen molar-refractivity contribution >= 4 is 64.4 Å². The van der Waals surface area contributed by atoms with Crippen LogP contribution in [-0.2, 0) is 34.6 Å². The van der Waals surface area contributed by atoms with Gasteiger partial charge in [0.2, 0.25) is 0 Å². The third kappa shape index (κ3) is 16.2. The molecule has 0 aromatic heterocycles. The molecule has 1 heterocycles. The number of rotatable bonds is 25. The Morgan fingerprint density at radius 3 is 1.99 bits per heavy atom. The first-order chi connectivity index (χ1) is 33.2. The highest BCUT2D eigenvalue weighted by Gasteiger charge is 2.51. The van der Waals surface area contributed by atoms with Gasteiger partial charge in [0.15, 0.2) is 20.9 Å². The number of hydrogen-bond acceptors (Lipinski definition) is 9. The van der Waals surface area contributed by atoms with Gasteiger partial charge in [-0.25, -0.2) is 0 Å². The smallest absolute Gasteiger partial charge is 0.310 e. The Labute approximate surface area is 440 Å². The zero-order valence-electron chi connectivity index (χ0n) is 45.5. The average Bonchev–Trinajstić information content (AvgIpc) is 3.62. The SMILES string of the molecule is COCOc1cc(Cl)cc(C(CC[C@@H]2OC(C)(C)O[C@@H]2C(/C=C\[C@@H](C)[C@H](C)CC(C)(C)[Si](O)(c2ccccc2)c2ccccc2)O[Si](C)(C)C(C)(C)C)Sc2ccccc2)c1CC(=O)OCC[Si](C)(C)C. The Morgan fingerprint density at radius 1 is 0.859 bits per heavy atom. The molecular weight excluding hydrogens is 976 g/mol. The maximum Gasteiger partial charge on any atom is 0.310 e. The molecule has 5 rings (SSSR count). The van der Waals surface area contributed by atoms with E-state index in [2.05, 4.69) is 130 Å². The predicted molar refractivity (Wildman–Crippen MR) is 303 cm³/mol. The summed E-state index contributed by atoms with van der Waals surface area (Å²) in [6.07, 6.45) is 5.56. The lowest BCUT2D eigenvalue weighted by molar-refractivity contribution is -0.152. The largest absolute Gasteiger partial charge is 0.467 e. The van der Waals surface area contributed by atoms with Gasteiger partial charge in [-0.05, 0) is 114 Å². The van der Waals surface area contributed by atoms with E-state index < -0.39 is 47.7 Å². The van der Waals surface area contributed by atoms with E-state index in [-0.39, 0.29) is 47.4 Å². The van der Waals surface area contributed by atoms with E-state index in [4.69, 9.17) is 39.7 Å². The molecule has 0 radical (unpaired) electrons. The van der Waals surface area contributed by atoms with Crippen molar-refractivity contribution in [3.63, 3.8) is 0 Å². The topological polar surface area (TPSA) is 92.7 Å². The fourth-order valence-corrected chi connectivity index (χ4v) is 16.6. The minimum absolute atomic E-state index is 0.00156. The molecule has 0 amide bonds. The normalized spacial score (nSPS) is 18.5. The molecule has 1 aliphatic heterocycles. The zero-order valence-corrected chi connectivity index (χ0v) is 50.0. The van der Waals surface area contributed by atoms with Gasteiger partial charge in [0.25, 0.3) is 8.32 Å². The van der Waals surface area contributed by atoms with Crippen molar-refractivity contribution in [3.05, 3.63) is 131 Å². The second kappa shape index (κ2) is 25.0. The third-order valence-corrected chi connectivity index (χ3v) is 26.8. The highest BCUT2D eigenvalue weighted by atomic mass is 35.5. The van der Waals surface area contributed by atoms with Crippen molar-refractivity contribution in [2.45, 2.75) is 171 Å². The van der Waals surface area contributed by atoms with Crippen LogP contribution in [0.1, 0.15) is 98.0 Å². The Morgan fingerprint density at radius 2 is 1.44 bits per heavy atom. The lowest BCUT2D eigenvalue weighted by Crippen LogP contribution is -2.65. The van der Waals surface area contributed by atoms with Gasteiger partial charge >= 0.3 is 5.97 Å². The highest BCUT2D eigenvalue weighted by Crippen LogP contribution is 2.47. The van der Waals surface area contributed by atoms with Crippen molar-refractivity contribution in [1.82, 2.24) is 0 Å². The van der Waals surface area contributed by atoms with E-state index in [1.54, 1.807) is 24.9 Å². The molecule has 1 aliphatic rings. The Kier molecular flexibility index (Phi) is 20.7. The average molecular weight is 1060 g/mol. The van der Waals surface area contributed by atoms with Crippen LogP contribution in [0.25, 0.3) is 0 Å². The van der Waals surface area contributed by atoms with Crippen molar-refractivity contribution in [2.24, 2.45) is 11.8 Å². The fourth-order valence-electron chi connectivity index (χ4n) is 9.30. The minimum Gasteiger partial charge on any atom is -0.467 e.